The smallest absolute Gasteiger partial charge is 0.314 e. The summed E-state index contributed by atoms with van der Waals surface area (Å²) in [7, 11) is -3.05. The molecule has 3 N–H and O–H groups in total. The molecule has 2 heterocycles. The van der Waals surface area contributed by atoms with Gasteiger partial charge < -0.3 is 15.3 Å². The second-order valence-corrected chi connectivity index (χ2v) is 7.90. The first-order chi connectivity index (χ1) is 11.2. The molecule has 1 unspecified atom stereocenters. The van der Waals surface area contributed by atoms with E-state index >= 15 is 0 Å². The van der Waals surface area contributed by atoms with Gasteiger partial charge in [0.15, 0.2) is 9.84 Å². The highest BCUT2D eigenvalue weighted by Crippen LogP contribution is 2.22. The molecule has 25 heavy (non-hydrogen) atoms. The maximum Gasteiger partial charge on any atom is 0.314 e. The Hall–Kier alpha value is -2.05. The van der Waals surface area contributed by atoms with Crippen LogP contribution in [0.2, 0.25) is 0 Å². The highest BCUT2D eigenvalue weighted by Gasteiger charge is 2.27. The number of benzene rings is 1. The van der Waals surface area contributed by atoms with Crippen LogP contribution in [0.3, 0.4) is 0 Å². The molecular formula is C13H15BrN4O6S. The molecule has 0 saturated carbocycles. The number of sulfone groups is 1. The molecule has 1 fully saturated rings. The molecule has 2 aromatic rings. The van der Waals surface area contributed by atoms with Crippen LogP contribution in [-0.4, -0.2) is 40.9 Å². The standard InChI is InChI=1S/C13H14N4O6S.BrH/c18-12-13(19)16-11-7(3-9(17(20)21)4-10(11)15-12)5-14-8-1-2-24(22,23)6-8;/h3-4,8,14H,1-2,5-6H2,(H,15,18)(H,16,19);1H. The Morgan fingerprint density at radius 2 is 1.92 bits per heavy atom. The first kappa shape index (κ1) is 19.3. The van der Waals surface area contributed by atoms with Crippen molar-refractivity contribution in [3.63, 3.8) is 0 Å². The van der Waals surface area contributed by atoms with Gasteiger partial charge in [0.25, 0.3) is 5.69 Å². The third-order valence-electron chi connectivity index (χ3n) is 3.92. The average Bonchev–Trinajstić information content (AvgIpc) is 2.85. The van der Waals surface area contributed by atoms with Crippen molar-refractivity contribution >= 4 is 43.5 Å². The Morgan fingerprint density at radius 3 is 2.52 bits per heavy atom. The third-order valence-corrected chi connectivity index (χ3v) is 5.69. The van der Waals surface area contributed by atoms with E-state index in [0.29, 0.717) is 12.0 Å². The number of nitro groups is 1. The lowest BCUT2D eigenvalue weighted by Gasteiger charge is -2.12. The lowest BCUT2D eigenvalue weighted by atomic mass is 10.1. The van der Waals surface area contributed by atoms with Crippen molar-refractivity contribution in [1.29, 1.82) is 0 Å². The first-order valence-electron chi connectivity index (χ1n) is 7.12. The second-order valence-electron chi connectivity index (χ2n) is 5.67. The van der Waals surface area contributed by atoms with Gasteiger partial charge in [-0.2, -0.15) is 0 Å². The molecule has 0 spiro atoms. The Bertz CT molecular complexity index is 1040. The van der Waals surface area contributed by atoms with Gasteiger partial charge in [-0.15, -0.1) is 17.0 Å². The van der Waals surface area contributed by atoms with Crippen LogP contribution in [0.25, 0.3) is 11.0 Å². The van der Waals surface area contributed by atoms with Gasteiger partial charge in [-0.1, -0.05) is 0 Å². The summed E-state index contributed by atoms with van der Waals surface area (Å²) in [6.45, 7) is 0.125. The van der Waals surface area contributed by atoms with Crippen LogP contribution in [0.1, 0.15) is 12.0 Å². The number of rotatable bonds is 4. The topological polar surface area (TPSA) is 155 Å². The van der Waals surface area contributed by atoms with Gasteiger partial charge in [-0.3, -0.25) is 19.7 Å². The Balaban J connectivity index is 0.00000225. The summed E-state index contributed by atoms with van der Waals surface area (Å²) in [6, 6.07) is 2.20. The van der Waals surface area contributed by atoms with Crippen molar-refractivity contribution in [2.75, 3.05) is 11.5 Å². The van der Waals surface area contributed by atoms with E-state index in [1.807, 2.05) is 0 Å². The third kappa shape index (κ3) is 4.14. The number of hydrogen-bond donors (Lipinski definition) is 3. The molecule has 12 heteroatoms. The van der Waals surface area contributed by atoms with Crippen LogP contribution < -0.4 is 16.4 Å². The van der Waals surface area contributed by atoms with Crippen molar-refractivity contribution in [3.8, 4) is 0 Å². The van der Waals surface area contributed by atoms with E-state index in [0.717, 1.165) is 6.07 Å². The number of nitro benzene ring substituents is 1. The zero-order valence-electron chi connectivity index (χ0n) is 12.8. The number of hydrogen-bond acceptors (Lipinski definition) is 7. The molecule has 1 atom stereocenters. The van der Waals surface area contributed by atoms with Crippen LogP contribution in [-0.2, 0) is 16.4 Å². The van der Waals surface area contributed by atoms with Crippen molar-refractivity contribution < 1.29 is 13.3 Å². The van der Waals surface area contributed by atoms with Gasteiger partial charge in [0, 0.05) is 24.7 Å². The van der Waals surface area contributed by atoms with E-state index in [-0.39, 0.29) is 57.8 Å². The molecular weight excluding hydrogens is 420 g/mol. The normalized spacial score (nSPS) is 18.8. The van der Waals surface area contributed by atoms with E-state index in [1.54, 1.807) is 0 Å². The highest BCUT2D eigenvalue weighted by molar-refractivity contribution is 8.93. The van der Waals surface area contributed by atoms with Crippen LogP contribution in [0, 0.1) is 10.1 Å². The summed E-state index contributed by atoms with van der Waals surface area (Å²) < 4.78 is 22.9. The molecule has 0 aliphatic carbocycles. The van der Waals surface area contributed by atoms with Gasteiger partial charge in [-0.25, -0.2) is 8.42 Å². The Labute approximate surface area is 151 Å². The Kier molecular flexibility index (Phi) is 5.44. The van der Waals surface area contributed by atoms with Crippen molar-refractivity contribution in [3.05, 3.63) is 48.5 Å². The summed E-state index contributed by atoms with van der Waals surface area (Å²) in [4.78, 5) is 38.1. The minimum absolute atomic E-state index is 0. The summed E-state index contributed by atoms with van der Waals surface area (Å²) in [6.07, 6.45) is 0.461. The molecule has 10 nitrogen and oxygen atoms in total. The molecule has 0 amide bonds. The zero-order valence-corrected chi connectivity index (χ0v) is 15.3. The molecule has 1 aromatic carbocycles. The molecule has 0 bridgehead atoms. The zero-order chi connectivity index (χ0) is 17.5. The number of aromatic nitrogens is 2. The fourth-order valence-corrected chi connectivity index (χ4v) is 4.44. The monoisotopic (exact) mass is 434 g/mol. The molecule has 1 aliphatic heterocycles. The molecule has 1 aromatic heterocycles. The van der Waals surface area contributed by atoms with Crippen molar-refractivity contribution in [2.45, 2.75) is 19.0 Å². The van der Waals surface area contributed by atoms with E-state index in [4.69, 9.17) is 0 Å². The van der Waals surface area contributed by atoms with Crippen molar-refractivity contribution in [1.82, 2.24) is 15.3 Å². The predicted octanol–water partition coefficient (Wildman–Crippen LogP) is -0.0208. The fraction of sp³-hybridized carbons (Fsp3) is 0.385. The minimum Gasteiger partial charge on any atom is -0.316 e. The minimum atomic E-state index is -3.05. The number of nitrogens with zero attached hydrogens (tertiary/aromatic N) is 1. The SMILES string of the molecule is Br.O=c1[nH]c2cc([N+](=O)[O-])cc(CNC3CCS(=O)(=O)C3)c2[nH]c1=O. The van der Waals surface area contributed by atoms with Crippen LogP contribution >= 0.6 is 17.0 Å². The van der Waals surface area contributed by atoms with E-state index in [1.165, 1.54) is 6.07 Å². The number of halogens is 1. The van der Waals surface area contributed by atoms with Crippen LogP contribution in [0.5, 0.6) is 0 Å². The molecule has 1 saturated heterocycles. The van der Waals surface area contributed by atoms with Crippen LogP contribution in [0.15, 0.2) is 21.7 Å². The molecule has 136 valence electrons. The van der Waals surface area contributed by atoms with Gasteiger partial charge in [0.05, 0.1) is 27.5 Å². The predicted molar refractivity (Wildman–Crippen MR) is 96.1 cm³/mol. The molecule has 0 radical (unpaired) electrons. The van der Waals surface area contributed by atoms with Gasteiger partial charge in [0.2, 0.25) is 0 Å². The maximum atomic E-state index is 11.5. The van der Waals surface area contributed by atoms with Crippen LogP contribution in [0.4, 0.5) is 5.69 Å². The number of non-ortho nitro benzene ring substituents is 1. The van der Waals surface area contributed by atoms with Crippen molar-refractivity contribution in [2.24, 2.45) is 0 Å². The van der Waals surface area contributed by atoms with E-state index < -0.39 is 25.9 Å². The van der Waals surface area contributed by atoms with Gasteiger partial charge in [-0.05, 0) is 12.0 Å². The fourth-order valence-electron chi connectivity index (χ4n) is 2.74. The lowest BCUT2D eigenvalue weighted by molar-refractivity contribution is -0.384. The highest BCUT2D eigenvalue weighted by atomic mass is 79.9. The molecule has 3 rings (SSSR count). The Morgan fingerprint density at radius 1 is 1.24 bits per heavy atom. The quantitative estimate of drug-likeness (QED) is 0.346. The van der Waals surface area contributed by atoms with E-state index in [2.05, 4.69) is 15.3 Å². The largest absolute Gasteiger partial charge is 0.316 e. The number of H-pyrrole nitrogens is 2. The summed E-state index contributed by atoms with van der Waals surface area (Å²) in [5.41, 5.74) is -1.18. The van der Waals surface area contributed by atoms with E-state index in [9.17, 15) is 28.1 Å². The first-order valence-corrected chi connectivity index (χ1v) is 8.95. The van der Waals surface area contributed by atoms with Gasteiger partial charge >= 0.3 is 11.1 Å². The second kappa shape index (κ2) is 7.06. The summed E-state index contributed by atoms with van der Waals surface area (Å²) >= 11 is 0. The molecule has 1 aliphatic rings. The summed E-state index contributed by atoms with van der Waals surface area (Å²) in [5.74, 6) is 0.109. The summed E-state index contributed by atoms with van der Waals surface area (Å²) in [5, 5.41) is 14.1. The lowest BCUT2D eigenvalue weighted by Crippen LogP contribution is -2.31. The number of nitrogens with one attached hydrogen (secondary N) is 3. The average molecular weight is 435 g/mol. The number of aromatic amines is 2. The maximum absolute atomic E-state index is 11.5. The van der Waals surface area contributed by atoms with Gasteiger partial charge in [0.1, 0.15) is 0 Å². The number of fused-ring (bicyclic) bond motifs is 1.